The predicted octanol–water partition coefficient (Wildman–Crippen LogP) is 4.10. The molecule has 4 nitrogen and oxygen atoms in total. The van der Waals surface area contributed by atoms with Crippen molar-refractivity contribution < 1.29 is 9.18 Å². The van der Waals surface area contributed by atoms with Gasteiger partial charge >= 0.3 is 6.03 Å². The van der Waals surface area contributed by atoms with E-state index >= 15 is 0 Å². The summed E-state index contributed by atoms with van der Waals surface area (Å²) in [5.74, 6) is -0.189. The molecule has 0 aliphatic carbocycles. The van der Waals surface area contributed by atoms with Crippen LogP contribution in [-0.2, 0) is 6.54 Å². The van der Waals surface area contributed by atoms with Gasteiger partial charge in [0.1, 0.15) is 5.82 Å². The van der Waals surface area contributed by atoms with Crippen LogP contribution in [0.15, 0.2) is 54.6 Å². The molecule has 0 aromatic heterocycles. The van der Waals surface area contributed by atoms with E-state index in [-0.39, 0.29) is 17.4 Å². The Balaban J connectivity index is 1.43. The normalized spacial score (nSPS) is 22.9. The van der Waals surface area contributed by atoms with Crippen molar-refractivity contribution in [2.75, 3.05) is 25.0 Å². The number of rotatable bonds is 3. The van der Waals surface area contributed by atoms with Crippen molar-refractivity contribution in [1.29, 1.82) is 0 Å². The van der Waals surface area contributed by atoms with Crippen molar-refractivity contribution in [2.45, 2.75) is 31.3 Å². The van der Waals surface area contributed by atoms with E-state index in [0.717, 1.165) is 56.7 Å². The number of carbonyl (C=O) groups is 1. The van der Waals surface area contributed by atoms with Gasteiger partial charge in [0.05, 0.1) is 0 Å². The first-order chi connectivity index (χ1) is 12.6. The van der Waals surface area contributed by atoms with Crippen molar-refractivity contribution >= 4 is 11.7 Å². The van der Waals surface area contributed by atoms with Crippen LogP contribution in [-0.4, -0.2) is 41.0 Å². The third-order valence-corrected chi connectivity index (χ3v) is 5.65. The molecule has 1 spiro atoms. The Morgan fingerprint density at radius 3 is 2.73 bits per heavy atom. The second-order valence-electron chi connectivity index (χ2n) is 7.35. The maximum atomic E-state index is 13.5. The Hall–Kier alpha value is -2.40. The maximum Gasteiger partial charge on any atom is 0.321 e. The van der Waals surface area contributed by atoms with Gasteiger partial charge in [-0.15, -0.1) is 0 Å². The minimum absolute atomic E-state index is 0.0281. The molecule has 5 heteroatoms. The van der Waals surface area contributed by atoms with E-state index in [2.05, 4.69) is 10.2 Å². The molecule has 1 unspecified atom stereocenters. The van der Waals surface area contributed by atoms with Crippen LogP contribution in [0.3, 0.4) is 0 Å². The summed E-state index contributed by atoms with van der Waals surface area (Å²) in [5, 5.41) is 2.98. The molecule has 2 aromatic rings. The minimum Gasteiger partial charge on any atom is -0.323 e. The number of benzene rings is 2. The number of nitrogens with zero attached hydrogens (tertiary/aromatic N) is 2. The molecule has 1 atom stereocenters. The van der Waals surface area contributed by atoms with E-state index in [1.165, 1.54) is 6.07 Å². The Morgan fingerprint density at radius 2 is 1.92 bits per heavy atom. The summed E-state index contributed by atoms with van der Waals surface area (Å²) in [6.07, 6.45) is 3.20. The first-order valence-corrected chi connectivity index (χ1v) is 9.25. The van der Waals surface area contributed by atoms with E-state index in [4.69, 9.17) is 0 Å². The standard InChI is InChI=1S/C21H24FN3O/c22-18-7-4-6-17(14-18)15-25-12-5-10-21(25)11-13-24(16-21)20(26)23-19-8-2-1-3-9-19/h1-4,6-9,14H,5,10-13,15-16H2,(H,23,26). The lowest BCUT2D eigenvalue weighted by Gasteiger charge is -2.35. The zero-order chi connectivity index (χ0) is 18.0. The van der Waals surface area contributed by atoms with Crippen molar-refractivity contribution in [3.05, 3.63) is 66.0 Å². The van der Waals surface area contributed by atoms with Crippen LogP contribution >= 0.6 is 0 Å². The molecule has 2 aliphatic heterocycles. The van der Waals surface area contributed by atoms with Gasteiger partial charge in [-0.25, -0.2) is 9.18 Å². The molecule has 0 radical (unpaired) electrons. The largest absolute Gasteiger partial charge is 0.323 e. The minimum atomic E-state index is -0.189. The number of hydrogen-bond acceptors (Lipinski definition) is 2. The van der Waals surface area contributed by atoms with Gasteiger partial charge in [-0.3, -0.25) is 4.90 Å². The fourth-order valence-corrected chi connectivity index (χ4v) is 4.31. The fraction of sp³-hybridized carbons (Fsp3) is 0.381. The summed E-state index contributed by atoms with van der Waals surface area (Å²) in [5.41, 5.74) is 1.85. The number of likely N-dealkylation sites (tertiary alicyclic amines) is 2. The van der Waals surface area contributed by atoms with E-state index in [1.807, 2.05) is 41.3 Å². The zero-order valence-electron chi connectivity index (χ0n) is 14.8. The highest BCUT2D eigenvalue weighted by atomic mass is 19.1. The second kappa shape index (κ2) is 7.08. The Bertz CT molecular complexity index is 782. The molecular weight excluding hydrogens is 329 g/mol. The van der Waals surface area contributed by atoms with Crippen molar-refractivity contribution in [1.82, 2.24) is 9.80 Å². The lowest BCUT2D eigenvalue weighted by molar-refractivity contribution is 0.136. The molecule has 2 aliphatic rings. The molecule has 4 rings (SSSR count). The van der Waals surface area contributed by atoms with Gasteiger partial charge in [-0.05, 0) is 55.6 Å². The first kappa shape index (κ1) is 17.0. The van der Waals surface area contributed by atoms with Gasteiger partial charge in [0.25, 0.3) is 0 Å². The van der Waals surface area contributed by atoms with Crippen molar-refractivity contribution in [3.63, 3.8) is 0 Å². The molecule has 136 valence electrons. The quantitative estimate of drug-likeness (QED) is 0.902. The molecule has 26 heavy (non-hydrogen) atoms. The average Bonchev–Trinajstić information content (AvgIpc) is 3.24. The van der Waals surface area contributed by atoms with E-state index in [9.17, 15) is 9.18 Å². The van der Waals surface area contributed by atoms with Gasteiger partial charge in [-0.1, -0.05) is 30.3 Å². The third-order valence-electron chi connectivity index (χ3n) is 5.65. The molecule has 0 bridgehead atoms. The highest BCUT2D eigenvalue weighted by Gasteiger charge is 2.46. The summed E-state index contributed by atoms with van der Waals surface area (Å²) in [6.45, 7) is 3.25. The number of urea groups is 1. The second-order valence-corrected chi connectivity index (χ2v) is 7.35. The third kappa shape index (κ3) is 3.44. The zero-order valence-corrected chi connectivity index (χ0v) is 14.8. The van der Waals surface area contributed by atoms with E-state index < -0.39 is 0 Å². The molecule has 2 amide bonds. The van der Waals surface area contributed by atoms with Crippen LogP contribution in [0.25, 0.3) is 0 Å². The highest BCUT2D eigenvalue weighted by molar-refractivity contribution is 5.89. The lowest BCUT2D eigenvalue weighted by Crippen LogP contribution is -2.46. The summed E-state index contributed by atoms with van der Waals surface area (Å²) < 4.78 is 13.5. The summed E-state index contributed by atoms with van der Waals surface area (Å²) in [4.78, 5) is 17.0. The summed E-state index contributed by atoms with van der Waals surface area (Å²) in [6, 6.07) is 16.4. The average molecular weight is 353 g/mol. The molecule has 2 aromatic carbocycles. The number of nitrogens with one attached hydrogen (secondary N) is 1. The fourth-order valence-electron chi connectivity index (χ4n) is 4.31. The molecule has 2 heterocycles. The number of halogens is 1. The van der Waals surface area contributed by atoms with Gasteiger partial charge < -0.3 is 10.2 Å². The predicted molar refractivity (Wildman–Crippen MR) is 100 cm³/mol. The lowest BCUT2D eigenvalue weighted by atomic mass is 9.95. The van der Waals surface area contributed by atoms with E-state index in [0.29, 0.717) is 0 Å². The SMILES string of the molecule is O=C(Nc1ccccc1)N1CCC2(CCCN2Cc2cccc(F)c2)C1. The molecule has 2 saturated heterocycles. The van der Waals surface area contributed by atoms with Gasteiger partial charge in [-0.2, -0.15) is 0 Å². The smallest absolute Gasteiger partial charge is 0.321 e. The molecular formula is C21H24FN3O. The Labute approximate surface area is 153 Å². The highest BCUT2D eigenvalue weighted by Crippen LogP contribution is 2.38. The van der Waals surface area contributed by atoms with Crippen LogP contribution in [0, 0.1) is 5.82 Å². The molecule has 1 N–H and O–H groups in total. The number of hydrogen-bond donors (Lipinski definition) is 1. The van der Waals surface area contributed by atoms with E-state index in [1.54, 1.807) is 12.1 Å². The van der Waals surface area contributed by atoms with Crippen molar-refractivity contribution in [2.24, 2.45) is 0 Å². The van der Waals surface area contributed by atoms with Crippen LogP contribution in [0.2, 0.25) is 0 Å². The van der Waals surface area contributed by atoms with Gasteiger partial charge in [0.2, 0.25) is 0 Å². The molecule has 2 fully saturated rings. The van der Waals surface area contributed by atoms with Gasteiger partial charge in [0, 0.05) is 30.9 Å². The van der Waals surface area contributed by atoms with Crippen LogP contribution in [0.5, 0.6) is 0 Å². The maximum absolute atomic E-state index is 13.5. The van der Waals surface area contributed by atoms with Crippen LogP contribution < -0.4 is 5.32 Å². The number of carbonyl (C=O) groups excluding carboxylic acids is 1. The topological polar surface area (TPSA) is 35.6 Å². The van der Waals surface area contributed by atoms with Crippen LogP contribution in [0.4, 0.5) is 14.9 Å². The van der Waals surface area contributed by atoms with Crippen molar-refractivity contribution in [3.8, 4) is 0 Å². The number of para-hydroxylation sites is 1. The summed E-state index contributed by atoms with van der Waals surface area (Å²) >= 11 is 0. The van der Waals surface area contributed by atoms with Gasteiger partial charge in [0.15, 0.2) is 0 Å². The summed E-state index contributed by atoms with van der Waals surface area (Å²) in [7, 11) is 0. The number of amides is 2. The Morgan fingerprint density at radius 1 is 1.08 bits per heavy atom. The first-order valence-electron chi connectivity index (χ1n) is 9.25. The monoisotopic (exact) mass is 353 g/mol. The van der Waals surface area contributed by atoms with Crippen LogP contribution in [0.1, 0.15) is 24.8 Å². The Kier molecular flexibility index (Phi) is 4.64. The molecule has 0 saturated carbocycles. The number of anilines is 1.